The number of benzene rings is 1. The number of aliphatic hydroxyl groups is 1. The summed E-state index contributed by atoms with van der Waals surface area (Å²) in [5.41, 5.74) is 11.0. The summed E-state index contributed by atoms with van der Waals surface area (Å²) in [4.78, 5) is 20.4. The quantitative estimate of drug-likeness (QED) is 0.266. The molecule has 37 heavy (non-hydrogen) atoms. The molecule has 4 aromatic rings. The van der Waals surface area contributed by atoms with Crippen LogP contribution < -0.4 is 10.6 Å². The van der Waals surface area contributed by atoms with Crippen LogP contribution in [-0.2, 0) is 6.61 Å². The molecule has 4 heterocycles. The minimum atomic E-state index is -0.276. The van der Waals surface area contributed by atoms with Crippen molar-refractivity contribution in [2.45, 2.75) is 33.3 Å². The van der Waals surface area contributed by atoms with Gasteiger partial charge in [0.15, 0.2) is 5.82 Å². The van der Waals surface area contributed by atoms with E-state index in [0.717, 1.165) is 24.1 Å². The first-order valence-electron chi connectivity index (χ1n) is 11.9. The van der Waals surface area contributed by atoms with Crippen LogP contribution in [0.1, 0.15) is 36.6 Å². The molecule has 1 aliphatic heterocycles. The number of halogens is 1. The van der Waals surface area contributed by atoms with E-state index >= 15 is 0 Å². The Bertz CT molecular complexity index is 1550. The van der Waals surface area contributed by atoms with Gasteiger partial charge in [0.05, 0.1) is 40.8 Å². The van der Waals surface area contributed by atoms with E-state index in [1.54, 1.807) is 30.6 Å². The molecule has 10 nitrogen and oxygen atoms in total. The first-order valence-corrected chi connectivity index (χ1v) is 12.3. The fourth-order valence-electron chi connectivity index (χ4n) is 4.54. The number of aliphatic hydroxyl groups excluding tert-OH is 1. The molecule has 0 radical (unpaired) electrons. The molecule has 11 heteroatoms. The van der Waals surface area contributed by atoms with Gasteiger partial charge in [-0.1, -0.05) is 18.5 Å². The van der Waals surface area contributed by atoms with Gasteiger partial charge in [-0.2, -0.15) is 10.4 Å². The summed E-state index contributed by atoms with van der Waals surface area (Å²) >= 11 is 6.41. The van der Waals surface area contributed by atoms with Crippen LogP contribution in [0.2, 0.25) is 5.02 Å². The van der Waals surface area contributed by atoms with Gasteiger partial charge in [-0.15, -0.1) is 0 Å². The number of piperidine rings is 1. The number of aromatic amines is 1. The zero-order valence-corrected chi connectivity index (χ0v) is 21.3. The highest BCUT2D eigenvalue weighted by Gasteiger charge is 2.35. The number of hydrogen-bond acceptors (Lipinski definition) is 8. The van der Waals surface area contributed by atoms with Gasteiger partial charge in [0.2, 0.25) is 5.65 Å². The van der Waals surface area contributed by atoms with Crippen LogP contribution in [0.4, 0.5) is 11.5 Å². The minimum absolute atomic E-state index is 0.275. The number of pyridine rings is 1. The lowest BCUT2D eigenvalue weighted by molar-refractivity contribution is 0.276. The molecule has 4 N–H and O–H groups in total. The lowest BCUT2D eigenvalue weighted by atomic mass is 9.79. The Morgan fingerprint density at radius 2 is 2.05 bits per heavy atom. The highest BCUT2D eigenvalue weighted by molar-refractivity contribution is 6.33. The third kappa shape index (κ3) is 4.71. The van der Waals surface area contributed by atoms with Crippen molar-refractivity contribution < 1.29 is 5.11 Å². The van der Waals surface area contributed by atoms with Crippen LogP contribution in [0.25, 0.3) is 22.4 Å². The van der Waals surface area contributed by atoms with Crippen LogP contribution in [0.3, 0.4) is 0 Å². The lowest BCUT2D eigenvalue weighted by Crippen LogP contribution is -2.46. The third-order valence-corrected chi connectivity index (χ3v) is 7.16. The number of anilines is 1. The SMILES string of the molecule is Cc1cncc(N=C(N)C2(C)CCN(c3nc4n[nH]c(-c5ccc(C#N)cc5Cl)c4nc3CO)CC2)c1. The van der Waals surface area contributed by atoms with Crippen molar-refractivity contribution in [2.24, 2.45) is 16.1 Å². The molecule has 0 amide bonds. The number of hydrogen-bond donors (Lipinski definition) is 3. The first-order chi connectivity index (χ1) is 17.8. The van der Waals surface area contributed by atoms with Crippen LogP contribution >= 0.6 is 11.6 Å². The number of rotatable bonds is 5. The molecule has 0 atom stereocenters. The van der Waals surface area contributed by atoms with Gasteiger partial charge in [-0.3, -0.25) is 10.1 Å². The van der Waals surface area contributed by atoms with Crippen LogP contribution in [0.5, 0.6) is 0 Å². The zero-order valence-electron chi connectivity index (χ0n) is 20.5. The number of aliphatic imine (C=N–C) groups is 1. The van der Waals surface area contributed by atoms with Crippen molar-refractivity contribution in [1.29, 1.82) is 5.26 Å². The van der Waals surface area contributed by atoms with E-state index < -0.39 is 0 Å². The Morgan fingerprint density at radius 1 is 1.27 bits per heavy atom. The van der Waals surface area contributed by atoms with Gasteiger partial charge in [0.25, 0.3) is 0 Å². The molecular formula is C26H26ClN9O. The van der Waals surface area contributed by atoms with Crippen molar-refractivity contribution >= 4 is 40.1 Å². The number of nitrogens with zero attached hydrogens (tertiary/aromatic N) is 7. The highest BCUT2D eigenvalue weighted by Crippen LogP contribution is 2.36. The molecule has 0 unspecified atom stereocenters. The Kier molecular flexibility index (Phi) is 6.50. The van der Waals surface area contributed by atoms with E-state index in [4.69, 9.17) is 32.6 Å². The normalized spacial score (nSPS) is 15.6. The highest BCUT2D eigenvalue weighted by atomic mass is 35.5. The van der Waals surface area contributed by atoms with E-state index in [1.807, 2.05) is 13.0 Å². The third-order valence-electron chi connectivity index (χ3n) is 6.85. The molecule has 1 fully saturated rings. The van der Waals surface area contributed by atoms with Gasteiger partial charge in [-0.25, -0.2) is 15.0 Å². The number of fused-ring (bicyclic) bond motifs is 1. The average Bonchev–Trinajstić information content (AvgIpc) is 3.30. The summed E-state index contributed by atoms with van der Waals surface area (Å²) in [7, 11) is 0. The lowest BCUT2D eigenvalue weighted by Gasteiger charge is -2.39. The summed E-state index contributed by atoms with van der Waals surface area (Å²) in [6.45, 7) is 5.16. The van der Waals surface area contributed by atoms with Crippen molar-refractivity contribution in [3.63, 3.8) is 0 Å². The monoisotopic (exact) mass is 515 g/mol. The van der Waals surface area contributed by atoms with Gasteiger partial charge in [0.1, 0.15) is 17.0 Å². The Hall–Kier alpha value is -4.07. The van der Waals surface area contributed by atoms with Crippen molar-refractivity contribution in [3.8, 4) is 17.3 Å². The number of aryl methyl sites for hydroxylation is 1. The maximum atomic E-state index is 10.1. The van der Waals surface area contributed by atoms with Gasteiger partial charge in [-0.05, 0) is 49.6 Å². The fourth-order valence-corrected chi connectivity index (χ4v) is 4.81. The second-order valence-electron chi connectivity index (χ2n) is 9.49. The van der Waals surface area contributed by atoms with Crippen LogP contribution in [0, 0.1) is 23.7 Å². The average molecular weight is 516 g/mol. The second kappa shape index (κ2) is 9.76. The maximum absolute atomic E-state index is 10.1. The Labute approximate surface area is 218 Å². The summed E-state index contributed by atoms with van der Waals surface area (Å²) in [6, 6.07) is 9.04. The zero-order chi connectivity index (χ0) is 26.2. The molecule has 0 spiro atoms. The van der Waals surface area contributed by atoms with E-state index in [9.17, 15) is 5.11 Å². The summed E-state index contributed by atoms with van der Waals surface area (Å²) in [5, 5.41) is 27.0. The summed E-state index contributed by atoms with van der Waals surface area (Å²) in [6.07, 6.45) is 5.02. The number of H-pyrrole nitrogens is 1. The molecule has 3 aromatic heterocycles. The fraction of sp³-hybridized carbons (Fsp3) is 0.308. The van der Waals surface area contributed by atoms with E-state index in [1.165, 1.54) is 0 Å². The predicted octanol–water partition coefficient (Wildman–Crippen LogP) is 4.04. The number of amidine groups is 1. The van der Waals surface area contributed by atoms with Crippen LogP contribution in [0.15, 0.2) is 41.7 Å². The van der Waals surface area contributed by atoms with Crippen molar-refractivity contribution in [2.75, 3.05) is 18.0 Å². The smallest absolute Gasteiger partial charge is 0.202 e. The molecule has 0 bridgehead atoms. The molecule has 0 aliphatic carbocycles. The van der Waals surface area contributed by atoms with Crippen molar-refractivity contribution in [1.82, 2.24) is 25.1 Å². The van der Waals surface area contributed by atoms with E-state index in [2.05, 4.69) is 38.1 Å². The topological polar surface area (TPSA) is 153 Å². The van der Waals surface area contributed by atoms with Crippen molar-refractivity contribution in [3.05, 3.63) is 58.5 Å². The maximum Gasteiger partial charge on any atom is 0.202 e. The number of aromatic nitrogens is 5. The molecule has 188 valence electrons. The van der Waals surface area contributed by atoms with E-state index in [0.29, 0.717) is 63.4 Å². The molecule has 1 aromatic carbocycles. The number of nitrogens with one attached hydrogen (secondary N) is 1. The Balaban J connectivity index is 1.41. The van der Waals surface area contributed by atoms with E-state index in [-0.39, 0.29) is 12.0 Å². The summed E-state index contributed by atoms with van der Waals surface area (Å²) < 4.78 is 0. The van der Waals surface area contributed by atoms with Gasteiger partial charge < -0.3 is 15.7 Å². The van der Waals surface area contributed by atoms with Gasteiger partial charge >= 0.3 is 0 Å². The number of nitriles is 1. The summed E-state index contributed by atoms with van der Waals surface area (Å²) in [5.74, 6) is 1.18. The standard InChI is InChI=1S/C26H26ClN9O/c1-15-9-17(13-30-12-15)31-25(29)26(2)5-7-36(8-6-26)24-20(14-37)32-22-21(34-35-23(22)33-24)18-4-3-16(11-28)10-19(18)27/h3-4,9-10,12-13,37H,5-8,14H2,1-2H3,(H2,29,31)(H,33,34,35). The Morgan fingerprint density at radius 3 is 2.73 bits per heavy atom. The molecule has 1 aliphatic rings. The molecule has 0 saturated carbocycles. The largest absolute Gasteiger partial charge is 0.390 e. The second-order valence-corrected chi connectivity index (χ2v) is 9.90. The van der Waals surface area contributed by atoms with Gasteiger partial charge in [0, 0.05) is 30.3 Å². The predicted molar refractivity (Wildman–Crippen MR) is 143 cm³/mol. The molecule has 5 rings (SSSR count). The van der Waals surface area contributed by atoms with Crippen LogP contribution in [-0.4, -0.2) is 49.2 Å². The first kappa shape index (κ1) is 24.6. The molecule has 1 saturated heterocycles. The molecular weight excluding hydrogens is 490 g/mol. The minimum Gasteiger partial charge on any atom is -0.390 e. The number of nitrogens with two attached hydrogens (primary N) is 1.